The summed E-state index contributed by atoms with van der Waals surface area (Å²) in [5.41, 5.74) is 3.82. The van der Waals surface area contributed by atoms with Gasteiger partial charge in [-0.2, -0.15) is 5.10 Å². The summed E-state index contributed by atoms with van der Waals surface area (Å²) in [5.74, 6) is 0. The first-order valence-electron chi connectivity index (χ1n) is 6.46. The Labute approximate surface area is 115 Å². The molecule has 0 aliphatic rings. The molecule has 2 N–H and O–H groups in total. The molecule has 4 nitrogen and oxygen atoms in total. The SMILES string of the molecule is c1ccc(Nc2c3ccccc3nc3[nH]ncc23)cc1. The lowest BCUT2D eigenvalue weighted by atomic mass is 10.1. The van der Waals surface area contributed by atoms with Crippen molar-refractivity contribution < 1.29 is 0 Å². The second-order valence-electron chi connectivity index (χ2n) is 4.63. The van der Waals surface area contributed by atoms with Gasteiger partial charge in [-0.1, -0.05) is 36.4 Å². The number of aromatic amines is 1. The topological polar surface area (TPSA) is 53.6 Å². The van der Waals surface area contributed by atoms with E-state index in [0.717, 1.165) is 33.3 Å². The maximum Gasteiger partial charge on any atom is 0.157 e. The molecule has 0 atom stereocenters. The molecule has 4 aromatic rings. The fourth-order valence-electron chi connectivity index (χ4n) is 2.40. The Kier molecular flexibility index (Phi) is 2.39. The van der Waals surface area contributed by atoms with Gasteiger partial charge >= 0.3 is 0 Å². The predicted molar refractivity (Wildman–Crippen MR) is 81.1 cm³/mol. The van der Waals surface area contributed by atoms with E-state index in [9.17, 15) is 0 Å². The molecule has 4 rings (SSSR count). The molecular formula is C16H12N4. The number of aromatic nitrogens is 3. The smallest absolute Gasteiger partial charge is 0.157 e. The van der Waals surface area contributed by atoms with Crippen LogP contribution in [-0.4, -0.2) is 15.2 Å². The van der Waals surface area contributed by atoms with Crippen molar-refractivity contribution in [3.05, 3.63) is 60.8 Å². The van der Waals surface area contributed by atoms with Gasteiger partial charge in [0.2, 0.25) is 0 Å². The van der Waals surface area contributed by atoms with Crippen LogP contribution in [0.1, 0.15) is 0 Å². The molecule has 0 unspecified atom stereocenters. The van der Waals surface area contributed by atoms with E-state index in [-0.39, 0.29) is 0 Å². The molecule has 0 aliphatic heterocycles. The number of pyridine rings is 1. The molecular weight excluding hydrogens is 248 g/mol. The number of nitrogens with one attached hydrogen (secondary N) is 2. The minimum atomic E-state index is 0.794. The van der Waals surface area contributed by atoms with Crippen LogP contribution in [0.3, 0.4) is 0 Å². The third-order valence-electron chi connectivity index (χ3n) is 3.34. The molecule has 20 heavy (non-hydrogen) atoms. The van der Waals surface area contributed by atoms with E-state index in [2.05, 4.69) is 26.6 Å². The van der Waals surface area contributed by atoms with Crippen LogP contribution in [0.2, 0.25) is 0 Å². The minimum absolute atomic E-state index is 0.794. The van der Waals surface area contributed by atoms with Crippen molar-refractivity contribution in [1.29, 1.82) is 0 Å². The van der Waals surface area contributed by atoms with Crippen LogP contribution in [-0.2, 0) is 0 Å². The van der Waals surface area contributed by atoms with Gasteiger partial charge in [0.1, 0.15) is 0 Å². The number of fused-ring (bicyclic) bond motifs is 2. The van der Waals surface area contributed by atoms with Crippen molar-refractivity contribution in [3.63, 3.8) is 0 Å². The number of hydrogen-bond acceptors (Lipinski definition) is 3. The normalized spacial score (nSPS) is 11.0. The van der Waals surface area contributed by atoms with E-state index in [1.54, 1.807) is 6.20 Å². The zero-order valence-corrected chi connectivity index (χ0v) is 10.7. The van der Waals surface area contributed by atoms with Crippen LogP contribution in [0.5, 0.6) is 0 Å². The summed E-state index contributed by atoms with van der Waals surface area (Å²) in [7, 11) is 0. The minimum Gasteiger partial charge on any atom is -0.354 e. The largest absolute Gasteiger partial charge is 0.354 e. The Morgan fingerprint density at radius 2 is 1.65 bits per heavy atom. The Morgan fingerprint density at radius 1 is 0.850 bits per heavy atom. The molecule has 0 aliphatic carbocycles. The summed E-state index contributed by atoms with van der Waals surface area (Å²) < 4.78 is 0. The van der Waals surface area contributed by atoms with Crippen LogP contribution >= 0.6 is 0 Å². The van der Waals surface area contributed by atoms with E-state index >= 15 is 0 Å². The molecule has 0 spiro atoms. The lowest BCUT2D eigenvalue weighted by Gasteiger charge is -2.10. The average Bonchev–Trinajstić information content (AvgIpc) is 2.96. The molecule has 2 aromatic heterocycles. The number of para-hydroxylation sites is 2. The number of H-pyrrole nitrogens is 1. The van der Waals surface area contributed by atoms with Crippen molar-refractivity contribution in [3.8, 4) is 0 Å². The summed E-state index contributed by atoms with van der Waals surface area (Å²) >= 11 is 0. The van der Waals surface area contributed by atoms with Crippen molar-refractivity contribution in [1.82, 2.24) is 15.2 Å². The molecule has 0 radical (unpaired) electrons. The fraction of sp³-hybridized carbons (Fsp3) is 0. The number of hydrogen-bond donors (Lipinski definition) is 2. The molecule has 96 valence electrons. The lowest BCUT2D eigenvalue weighted by molar-refractivity contribution is 1.10. The van der Waals surface area contributed by atoms with Gasteiger partial charge in [-0.25, -0.2) is 4.98 Å². The summed E-state index contributed by atoms with van der Waals surface area (Å²) in [5, 5.41) is 12.6. The van der Waals surface area contributed by atoms with Crippen molar-refractivity contribution in [2.24, 2.45) is 0 Å². The van der Waals surface area contributed by atoms with E-state index in [1.807, 2.05) is 48.5 Å². The zero-order chi connectivity index (χ0) is 13.4. The van der Waals surface area contributed by atoms with Gasteiger partial charge in [-0.15, -0.1) is 0 Å². The molecule has 0 saturated heterocycles. The Balaban J connectivity index is 2.00. The van der Waals surface area contributed by atoms with Crippen LogP contribution in [0, 0.1) is 0 Å². The van der Waals surface area contributed by atoms with E-state index in [0.29, 0.717) is 0 Å². The third-order valence-corrected chi connectivity index (χ3v) is 3.34. The van der Waals surface area contributed by atoms with Gasteiger partial charge in [0.15, 0.2) is 5.65 Å². The highest BCUT2D eigenvalue weighted by atomic mass is 15.1. The molecule has 0 bridgehead atoms. The molecule has 2 heterocycles. The average molecular weight is 260 g/mol. The van der Waals surface area contributed by atoms with Gasteiger partial charge in [-0.05, 0) is 18.2 Å². The standard InChI is InChI=1S/C16H12N4/c1-2-6-11(7-3-1)18-15-12-8-4-5-9-14(12)19-16-13(15)10-17-20-16/h1-10H,(H2,17,18,19,20). The van der Waals surface area contributed by atoms with Crippen molar-refractivity contribution in [2.75, 3.05) is 5.32 Å². The molecule has 0 amide bonds. The number of anilines is 2. The van der Waals surface area contributed by atoms with Crippen LogP contribution in [0.25, 0.3) is 21.9 Å². The van der Waals surface area contributed by atoms with Crippen molar-refractivity contribution >= 4 is 33.3 Å². The quantitative estimate of drug-likeness (QED) is 0.575. The van der Waals surface area contributed by atoms with Gasteiger partial charge < -0.3 is 5.32 Å². The Morgan fingerprint density at radius 3 is 2.55 bits per heavy atom. The number of rotatable bonds is 2. The van der Waals surface area contributed by atoms with Crippen molar-refractivity contribution in [2.45, 2.75) is 0 Å². The maximum absolute atomic E-state index is 4.58. The highest BCUT2D eigenvalue weighted by Crippen LogP contribution is 2.31. The predicted octanol–water partition coefficient (Wildman–Crippen LogP) is 3.85. The van der Waals surface area contributed by atoms with Crippen LogP contribution < -0.4 is 5.32 Å². The third kappa shape index (κ3) is 1.70. The Hall–Kier alpha value is -2.88. The fourth-order valence-corrected chi connectivity index (χ4v) is 2.40. The monoisotopic (exact) mass is 260 g/mol. The van der Waals surface area contributed by atoms with Gasteiger partial charge in [0, 0.05) is 11.1 Å². The van der Waals surface area contributed by atoms with Gasteiger partial charge in [-0.3, -0.25) is 5.10 Å². The van der Waals surface area contributed by atoms with Crippen LogP contribution in [0.4, 0.5) is 11.4 Å². The Bertz CT molecular complexity index is 881. The number of nitrogens with zero attached hydrogens (tertiary/aromatic N) is 2. The summed E-state index contributed by atoms with van der Waals surface area (Å²) in [6.45, 7) is 0. The van der Waals surface area contributed by atoms with Gasteiger partial charge in [0.25, 0.3) is 0 Å². The highest BCUT2D eigenvalue weighted by molar-refractivity contribution is 6.07. The van der Waals surface area contributed by atoms with E-state index < -0.39 is 0 Å². The highest BCUT2D eigenvalue weighted by Gasteiger charge is 2.10. The second kappa shape index (κ2) is 4.35. The zero-order valence-electron chi connectivity index (χ0n) is 10.7. The first kappa shape index (κ1) is 11.0. The maximum atomic E-state index is 4.58. The van der Waals surface area contributed by atoms with Gasteiger partial charge in [0.05, 0.1) is 22.8 Å². The van der Waals surface area contributed by atoms with E-state index in [1.165, 1.54) is 0 Å². The summed E-state index contributed by atoms with van der Waals surface area (Å²) in [6.07, 6.45) is 1.81. The molecule has 0 saturated carbocycles. The van der Waals surface area contributed by atoms with E-state index in [4.69, 9.17) is 0 Å². The number of benzene rings is 2. The molecule has 0 fully saturated rings. The lowest BCUT2D eigenvalue weighted by Crippen LogP contribution is -1.94. The molecule has 4 heteroatoms. The van der Waals surface area contributed by atoms with Crippen LogP contribution in [0.15, 0.2) is 60.8 Å². The summed E-state index contributed by atoms with van der Waals surface area (Å²) in [6, 6.07) is 18.2. The second-order valence-corrected chi connectivity index (χ2v) is 4.63. The first-order valence-corrected chi connectivity index (χ1v) is 6.46. The summed E-state index contributed by atoms with van der Waals surface area (Å²) in [4.78, 5) is 4.58. The molecule has 2 aromatic carbocycles. The first-order chi connectivity index (χ1) is 9.92.